The molecule has 0 spiro atoms. The maximum Gasteiger partial charge on any atom is 0.172 e. The van der Waals surface area contributed by atoms with Crippen LogP contribution in [0.25, 0.3) is 16.8 Å². The highest BCUT2D eigenvalue weighted by Crippen LogP contribution is 2.31. The first-order valence-corrected chi connectivity index (χ1v) is 7.40. The molecule has 0 aliphatic carbocycles. The number of fused-ring (bicyclic) bond motifs is 2. The summed E-state index contributed by atoms with van der Waals surface area (Å²) in [4.78, 5) is 4.39. The number of aromatic nitrogens is 3. The summed E-state index contributed by atoms with van der Waals surface area (Å²) < 4.78 is 1.64. The van der Waals surface area contributed by atoms with Crippen LogP contribution < -0.4 is 5.32 Å². The number of rotatable bonds is 1. The zero-order valence-electron chi connectivity index (χ0n) is 11.7. The van der Waals surface area contributed by atoms with Crippen LogP contribution in [-0.2, 0) is 13.0 Å². The Morgan fingerprint density at radius 1 is 1.32 bits per heavy atom. The summed E-state index contributed by atoms with van der Waals surface area (Å²) in [7, 11) is 0. The fourth-order valence-corrected chi connectivity index (χ4v) is 3.17. The van der Waals surface area contributed by atoms with Crippen molar-refractivity contribution in [2.75, 3.05) is 6.54 Å². The van der Waals surface area contributed by atoms with Crippen molar-refractivity contribution in [3.63, 3.8) is 0 Å². The van der Waals surface area contributed by atoms with E-state index in [9.17, 15) is 0 Å². The normalized spacial score (nSPS) is 13.8. The molecule has 0 fully saturated rings. The highest BCUT2D eigenvalue weighted by Gasteiger charge is 2.16. The minimum Gasteiger partial charge on any atom is -0.312 e. The van der Waals surface area contributed by atoms with Gasteiger partial charge in [0.2, 0.25) is 0 Å². The van der Waals surface area contributed by atoms with E-state index in [1.807, 2.05) is 18.3 Å². The summed E-state index contributed by atoms with van der Waals surface area (Å²) >= 11 is 6.26. The summed E-state index contributed by atoms with van der Waals surface area (Å²) in [6.07, 6.45) is 6.18. The van der Waals surface area contributed by atoms with Gasteiger partial charge in [0, 0.05) is 29.5 Å². The van der Waals surface area contributed by atoms with Gasteiger partial charge >= 0.3 is 0 Å². The summed E-state index contributed by atoms with van der Waals surface area (Å²) in [5.74, 6) is 0. The average molecular weight is 310 g/mol. The van der Waals surface area contributed by atoms with E-state index in [2.05, 4.69) is 21.5 Å². The van der Waals surface area contributed by atoms with Crippen molar-refractivity contribution < 1.29 is 0 Å². The van der Waals surface area contributed by atoms with Crippen molar-refractivity contribution in [3.8, 4) is 17.2 Å². The second kappa shape index (κ2) is 5.09. The lowest BCUT2D eigenvalue weighted by Gasteiger charge is -2.21. The van der Waals surface area contributed by atoms with Gasteiger partial charge in [-0.25, -0.2) is 9.50 Å². The lowest BCUT2D eigenvalue weighted by atomic mass is 9.92. The summed E-state index contributed by atoms with van der Waals surface area (Å²) in [5.41, 5.74) is 5.63. The van der Waals surface area contributed by atoms with Crippen LogP contribution in [0.3, 0.4) is 0 Å². The van der Waals surface area contributed by atoms with Gasteiger partial charge in [0.1, 0.15) is 11.6 Å². The Morgan fingerprint density at radius 3 is 3.09 bits per heavy atom. The maximum absolute atomic E-state index is 9.04. The van der Waals surface area contributed by atoms with Crippen LogP contribution >= 0.6 is 11.6 Å². The molecule has 1 aliphatic heterocycles. The second-order valence-corrected chi connectivity index (χ2v) is 5.74. The highest BCUT2D eigenvalue weighted by molar-refractivity contribution is 6.31. The monoisotopic (exact) mass is 309 g/mol. The molecule has 5 nitrogen and oxygen atoms in total. The molecule has 0 atom stereocenters. The molecule has 1 N–H and O–H groups in total. The van der Waals surface area contributed by atoms with Crippen LogP contribution in [0.4, 0.5) is 0 Å². The molecular weight excluding hydrogens is 298 g/mol. The summed E-state index contributed by atoms with van der Waals surface area (Å²) in [5, 5.41) is 17.3. The zero-order valence-corrected chi connectivity index (χ0v) is 12.4. The van der Waals surface area contributed by atoms with Gasteiger partial charge in [0.25, 0.3) is 0 Å². The zero-order chi connectivity index (χ0) is 15.1. The Kier molecular flexibility index (Phi) is 3.07. The lowest BCUT2D eigenvalue weighted by molar-refractivity contribution is 0.645. The van der Waals surface area contributed by atoms with E-state index < -0.39 is 0 Å². The SMILES string of the molecule is N#Cc1cnn2cc(-c3cc(Cl)cc4c3CCNC4)cnc12. The molecule has 6 heteroatoms. The van der Waals surface area contributed by atoms with Gasteiger partial charge in [0.15, 0.2) is 5.65 Å². The molecule has 22 heavy (non-hydrogen) atoms. The van der Waals surface area contributed by atoms with Crippen LogP contribution in [0.15, 0.2) is 30.7 Å². The van der Waals surface area contributed by atoms with Crippen LogP contribution in [0, 0.1) is 11.3 Å². The van der Waals surface area contributed by atoms with E-state index in [1.54, 1.807) is 10.7 Å². The van der Waals surface area contributed by atoms with Crippen LogP contribution in [-0.4, -0.2) is 21.1 Å². The predicted octanol–water partition coefficient (Wildman–Crippen LogP) is 2.57. The number of hydrogen-bond donors (Lipinski definition) is 1. The molecule has 4 rings (SSSR count). The molecule has 0 saturated heterocycles. The average Bonchev–Trinajstić information content (AvgIpc) is 2.96. The van der Waals surface area contributed by atoms with E-state index in [0.29, 0.717) is 11.2 Å². The van der Waals surface area contributed by atoms with Crippen molar-refractivity contribution in [1.82, 2.24) is 19.9 Å². The molecule has 0 radical (unpaired) electrons. The highest BCUT2D eigenvalue weighted by atomic mass is 35.5. The van der Waals surface area contributed by atoms with E-state index in [0.717, 1.165) is 35.7 Å². The number of halogens is 1. The second-order valence-electron chi connectivity index (χ2n) is 5.30. The van der Waals surface area contributed by atoms with Crippen LogP contribution in [0.5, 0.6) is 0 Å². The Morgan fingerprint density at radius 2 is 2.23 bits per heavy atom. The summed E-state index contributed by atoms with van der Waals surface area (Å²) in [6.45, 7) is 1.79. The third-order valence-electron chi connectivity index (χ3n) is 3.96. The first kappa shape index (κ1) is 13.3. The number of nitriles is 1. The predicted molar refractivity (Wildman–Crippen MR) is 83.6 cm³/mol. The molecule has 2 aromatic heterocycles. The number of nitrogens with one attached hydrogen (secondary N) is 1. The minimum absolute atomic E-state index is 0.476. The molecule has 108 valence electrons. The Balaban J connectivity index is 1.92. The number of benzene rings is 1. The van der Waals surface area contributed by atoms with Crippen molar-refractivity contribution in [2.24, 2.45) is 0 Å². The van der Waals surface area contributed by atoms with E-state index in [-0.39, 0.29) is 0 Å². The molecular formula is C16H12ClN5. The molecule has 0 bridgehead atoms. The molecule has 1 aromatic carbocycles. The molecule has 3 heterocycles. The topological polar surface area (TPSA) is 66.0 Å². The van der Waals surface area contributed by atoms with Gasteiger partial charge in [-0.05, 0) is 41.8 Å². The van der Waals surface area contributed by atoms with Gasteiger partial charge in [-0.15, -0.1) is 0 Å². The van der Waals surface area contributed by atoms with E-state index in [1.165, 1.54) is 17.3 Å². The van der Waals surface area contributed by atoms with Crippen LogP contribution in [0.2, 0.25) is 5.02 Å². The van der Waals surface area contributed by atoms with E-state index in [4.69, 9.17) is 16.9 Å². The minimum atomic E-state index is 0.476. The third kappa shape index (κ3) is 2.05. The third-order valence-corrected chi connectivity index (χ3v) is 4.18. The van der Waals surface area contributed by atoms with Crippen molar-refractivity contribution >= 4 is 17.2 Å². The first-order valence-electron chi connectivity index (χ1n) is 7.02. The van der Waals surface area contributed by atoms with Gasteiger partial charge < -0.3 is 5.32 Å². The van der Waals surface area contributed by atoms with Crippen molar-refractivity contribution in [2.45, 2.75) is 13.0 Å². The maximum atomic E-state index is 9.04. The quantitative estimate of drug-likeness (QED) is 0.750. The van der Waals surface area contributed by atoms with Gasteiger partial charge in [-0.2, -0.15) is 10.4 Å². The van der Waals surface area contributed by atoms with Gasteiger partial charge in [-0.1, -0.05) is 11.6 Å². The molecule has 0 saturated carbocycles. The Bertz CT molecular complexity index is 922. The fraction of sp³-hybridized carbons (Fsp3) is 0.188. The first-order chi connectivity index (χ1) is 10.8. The Hall–Kier alpha value is -2.42. The van der Waals surface area contributed by atoms with Crippen molar-refractivity contribution in [1.29, 1.82) is 5.26 Å². The smallest absolute Gasteiger partial charge is 0.172 e. The summed E-state index contributed by atoms with van der Waals surface area (Å²) in [6, 6.07) is 6.08. The Labute approximate surface area is 132 Å². The molecule has 1 aliphatic rings. The fourth-order valence-electron chi connectivity index (χ4n) is 2.93. The van der Waals surface area contributed by atoms with Gasteiger partial charge in [0.05, 0.1) is 6.20 Å². The lowest BCUT2D eigenvalue weighted by Crippen LogP contribution is -2.24. The number of hydrogen-bond acceptors (Lipinski definition) is 4. The standard InChI is InChI=1S/C16H12ClN5/c17-13-3-10-6-19-2-1-14(10)15(4-13)12-7-20-16-11(5-18)8-21-22(16)9-12/h3-4,7-9,19H,1-2,6H2. The molecule has 3 aromatic rings. The molecule has 0 amide bonds. The van der Waals surface area contributed by atoms with Gasteiger partial charge in [-0.3, -0.25) is 0 Å². The van der Waals surface area contributed by atoms with Crippen molar-refractivity contribution in [3.05, 3.63) is 52.4 Å². The van der Waals surface area contributed by atoms with Crippen LogP contribution in [0.1, 0.15) is 16.7 Å². The number of nitrogens with zero attached hydrogens (tertiary/aromatic N) is 4. The largest absolute Gasteiger partial charge is 0.312 e. The molecule has 0 unspecified atom stereocenters. The van der Waals surface area contributed by atoms with E-state index >= 15 is 0 Å².